The second-order valence-corrected chi connectivity index (χ2v) is 7.61. The first-order valence-corrected chi connectivity index (χ1v) is 8.72. The minimum Gasteiger partial charge on any atom is -0.379 e. The molecule has 23 heavy (non-hydrogen) atoms. The van der Waals surface area contributed by atoms with Crippen LogP contribution in [0.5, 0.6) is 0 Å². The third kappa shape index (κ3) is 2.47. The number of nitrogens with zero attached hydrogens (tertiary/aromatic N) is 1. The maximum atomic E-state index is 13.0. The minimum absolute atomic E-state index is 0.113. The number of ether oxygens (including phenoxy) is 1. The fourth-order valence-electron chi connectivity index (χ4n) is 4.73. The van der Waals surface area contributed by atoms with Crippen LogP contribution in [-0.4, -0.2) is 36.6 Å². The molecular weight excluding hydrogens is 293 g/mol. The smallest absolute Gasteiger partial charge is 0.223 e. The Morgan fingerprint density at radius 3 is 2.74 bits per heavy atom. The number of likely N-dealkylation sites (tertiary alicyclic amines) is 1. The Morgan fingerprint density at radius 1 is 1.35 bits per heavy atom. The molecule has 0 unspecified atom stereocenters. The van der Waals surface area contributed by atoms with Gasteiger partial charge in [-0.3, -0.25) is 4.79 Å². The lowest BCUT2D eigenvalue weighted by Gasteiger charge is -2.42. The fraction of sp³-hybridized carbons (Fsp3) is 0.632. The van der Waals surface area contributed by atoms with Crippen molar-refractivity contribution in [1.82, 2.24) is 4.90 Å². The van der Waals surface area contributed by atoms with Gasteiger partial charge in [-0.25, -0.2) is 4.39 Å². The van der Waals surface area contributed by atoms with Crippen molar-refractivity contribution >= 4 is 5.91 Å². The molecule has 1 saturated carbocycles. The number of hydrogen-bond donors (Lipinski definition) is 0. The van der Waals surface area contributed by atoms with E-state index in [0.29, 0.717) is 24.4 Å². The van der Waals surface area contributed by atoms with Gasteiger partial charge in [0, 0.05) is 18.9 Å². The second-order valence-electron chi connectivity index (χ2n) is 7.61. The third-order valence-corrected chi connectivity index (χ3v) is 6.31. The number of hydrogen-bond acceptors (Lipinski definition) is 2. The highest BCUT2D eigenvalue weighted by Gasteiger charge is 2.58. The summed E-state index contributed by atoms with van der Waals surface area (Å²) in [6.45, 7) is 4.48. The van der Waals surface area contributed by atoms with Crippen molar-refractivity contribution in [2.75, 3.05) is 19.8 Å². The first kappa shape index (κ1) is 15.1. The quantitative estimate of drug-likeness (QED) is 0.855. The van der Waals surface area contributed by atoms with Crippen LogP contribution in [0.15, 0.2) is 24.3 Å². The van der Waals surface area contributed by atoms with Crippen molar-refractivity contribution in [3.8, 4) is 0 Å². The van der Waals surface area contributed by atoms with Crippen LogP contribution in [0.25, 0.3) is 0 Å². The predicted octanol–water partition coefficient (Wildman–Crippen LogP) is 3.35. The minimum atomic E-state index is -0.232. The average Bonchev–Trinajstić information content (AvgIpc) is 3.07. The zero-order chi connectivity index (χ0) is 16.0. The summed E-state index contributed by atoms with van der Waals surface area (Å²) in [5.74, 6) is 0.652. The summed E-state index contributed by atoms with van der Waals surface area (Å²) in [6, 6.07) is 6.79. The Balaban J connectivity index is 1.45. The van der Waals surface area contributed by atoms with Crippen LogP contribution in [0, 0.1) is 17.2 Å². The SMILES string of the molecule is C[C@H](CC(=O)N1CC2(CCC2)[C@H]2COC[C@@H]21)c1ccc(F)cc1. The fourth-order valence-corrected chi connectivity index (χ4v) is 4.73. The van der Waals surface area contributed by atoms with Gasteiger partial charge in [-0.1, -0.05) is 25.5 Å². The summed E-state index contributed by atoms with van der Waals surface area (Å²) in [5.41, 5.74) is 1.37. The molecule has 1 aromatic rings. The van der Waals surface area contributed by atoms with Crippen molar-refractivity contribution in [2.45, 2.75) is 44.6 Å². The van der Waals surface area contributed by atoms with E-state index in [1.165, 1.54) is 31.4 Å². The molecule has 3 nitrogen and oxygen atoms in total. The van der Waals surface area contributed by atoms with E-state index >= 15 is 0 Å². The molecule has 1 spiro atoms. The van der Waals surface area contributed by atoms with Gasteiger partial charge in [-0.2, -0.15) is 0 Å². The molecule has 3 atom stereocenters. The summed E-state index contributed by atoms with van der Waals surface area (Å²) in [7, 11) is 0. The molecule has 4 heteroatoms. The lowest BCUT2D eigenvalue weighted by molar-refractivity contribution is -0.133. The van der Waals surface area contributed by atoms with E-state index in [9.17, 15) is 9.18 Å². The number of halogens is 1. The van der Waals surface area contributed by atoms with Gasteiger partial charge in [0.2, 0.25) is 5.91 Å². The van der Waals surface area contributed by atoms with E-state index in [2.05, 4.69) is 4.90 Å². The van der Waals surface area contributed by atoms with Crippen molar-refractivity contribution in [3.63, 3.8) is 0 Å². The van der Waals surface area contributed by atoms with E-state index in [-0.39, 0.29) is 23.7 Å². The Labute approximate surface area is 136 Å². The Kier molecular flexibility index (Phi) is 3.67. The number of benzene rings is 1. The molecule has 1 aromatic carbocycles. The normalized spacial score (nSPS) is 29.4. The van der Waals surface area contributed by atoms with E-state index in [0.717, 1.165) is 18.7 Å². The van der Waals surface area contributed by atoms with Crippen LogP contribution in [-0.2, 0) is 9.53 Å². The van der Waals surface area contributed by atoms with E-state index in [4.69, 9.17) is 4.74 Å². The van der Waals surface area contributed by atoms with Gasteiger partial charge < -0.3 is 9.64 Å². The highest BCUT2D eigenvalue weighted by Crippen LogP contribution is 2.55. The maximum Gasteiger partial charge on any atom is 0.223 e. The lowest BCUT2D eigenvalue weighted by atomic mass is 9.62. The molecule has 1 amide bonds. The van der Waals surface area contributed by atoms with Gasteiger partial charge in [0.1, 0.15) is 5.82 Å². The van der Waals surface area contributed by atoms with E-state index in [1.54, 1.807) is 12.1 Å². The van der Waals surface area contributed by atoms with Crippen molar-refractivity contribution in [2.24, 2.45) is 11.3 Å². The monoisotopic (exact) mass is 317 g/mol. The molecule has 4 rings (SSSR count). The van der Waals surface area contributed by atoms with Crippen molar-refractivity contribution < 1.29 is 13.9 Å². The van der Waals surface area contributed by atoms with Gasteiger partial charge in [-0.15, -0.1) is 0 Å². The molecule has 3 aliphatic rings. The second kappa shape index (κ2) is 5.59. The third-order valence-electron chi connectivity index (χ3n) is 6.31. The molecule has 0 N–H and O–H groups in total. The first-order valence-electron chi connectivity index (χ1n) is 8.72. The zero-order valence-corrected chi connectivity index (χ0v) is 13.6. The van der Waals surface area contributed by atoms with E-state index in [1.807, 2.05) is 6.92 Å². The molecule has 1 aliphatic carbocycles. The molecule has 124 valence electrons. The van der Waals surface area contributed by atoms with Gasteiger partial charge in [0.05, 0.1) is 19.3 Å². The van der Waals surface area contributed by atoms with Crippen LogP contribution in [0.4, 0.5) is 4.39 Å². The van der Waals surface area contributed by atoms with Crippen molar-refractivity contribution in [3.05, 3.63) is 35.6 Å². The predicted molar refractivity (Wildman–Crippen MR) is 85.5 cm³/mol. The van der Waals surface area contributed by atoms with Crippen molar-refractivity contribution in [1.29, 1.82) is 0 Å². The van der Waals surface area contributed by atoms with Gasteiger partial charge in [0.25, 0.3) is 0 Å². The number of fused-ring (bicyclic) bond motifs is 2. The maximum absolute atomic E-state index is 13.0. The molecule has 0 radical (unpaired) electrons. The summed E-state index contributed by atoms with van der Waals surface area (Å²) in [4.78, 5) is 15.0. The molecule has 3 fully saturated rings. The number of amides is 1. The van der Waals surface area contributed by atoms with E-state index < -0.39 is 0 Å². The molecule has 0 aromatic heterocycles. The number of carbonyl (C=O) groups is 1. The number of carbonyl (C=O) groups excluding carboxylic acids is 1. The molecule has 0 bridgehead atoms. The summed E-state index contributed by atoms with van der Waals surface area (Å²) < 4.78 is 18.7. The Bertz CT molecular complexity index is 596. The van der Waals surface area contributed by atoms with Crippen LogP contribution >= 0.6 is 0 Å². The highest BCUT2D eigenvalue weighted by atomic mass is 19.1. The van der Waals surface area contributed by atoms with Crippen LogP contribution in [0.1, 0.15) is 44.1 Å². The van der Waals surface area contributed by atoms with Crippen LogP contribution < -0.4 is 0 Å². The van der Waals surface area contributed by atoms with Gasteiger partial charge in [0.15, 0.2) is 0 Å². The standard InChI is InChI=1S/C19H24FNO2/c1-13(14-3-5-15(20)6-4-14)9-18(22)21-12-19(7-2-8-19)16-10-23-11-17(16)21/h3-6,13,16-17H,2,7-12H2,1H3/t13-,16+,17+/m1/s1. The Hall–Kier alpha value is -1.42. The molecule has 2 heterocycles. The first-order chi connectivity index (χ1) is 11.1. The van der Waals surface area contributed by atoms with Gasteiger partial charge >= 0.3 is 0 Å². The highest BCUT2D eigenvalue weighted by molar-refractivity contribution is 5.78. The zero-order valence-electron chi connectivity index (χ0n) is 13.6. The molecule has 2 aliphatic heterocycles. The van der Waals surface area contributed by atoms with Crippen LogP contribution in [0.3, 0.4) is 0 Å². The summed E-state index contributed by atoms with van der Waals surface area (Å²) in [5, 5.41) is 0. The Morgan fingerprint density at radius 2 is 2.09 bits per heavy atom. The topological polar surface area (TPSA) is 29.5 Å². The molecule has 2 saturated heterocycles. The van der Waals surface area contributed by atoms with Gasteiger partial charge in [-0.05, 0) is 41.9 Å². The van der Waals surface area contributed by atoms with Crippen LogP contribution in [0.2, 0.25) is 0 Å². The largest absolute Gasteiger partial charge is 0.379 e. The average molecular weight is 317 g/mol. The summed E-state index contributed by atoms with van der Waals surface area (Å²) in [6.07, 6.45) is 4.27. The molecular formula is C19H24FNO2. The lowest BCUT2D eigenvalue weighted by Crippen LogP contribution is -2.40. The number of rotatable bonds is 3. The summed E-state index contributed by atoms with van der Waals surface area (Å²) >= 11 is 0.